The zero-order valence-electron chi connectivity index (χ0n) is 37.9. The molecule has 0 bridgehead atoms. The molecule has 0 radical (unpaired) electrons. The summed E-state index contributed by atoms with van der Waals surface area (Å²) in [5.41, 5.74) is 3.33. The highest BCUT2D eigenvalue weighted by molar-refractivity contribution is 7.32. The summed E-state index contributed by atoms with van der Waals surface area (Å²) < 4.78 is 61.8. The van der Waals surface area contributed by atoms with E-state index in [1.54, 1.807) is 0 Å². The summed E-state index contributed by atoms with van der Waals surface area (Å²) >= 11 is 0. The van der Waals surface area contributed by atoms with Crippen molar-refractivity contribution in [2.24, 2.45) is 0 Å². The zero-order chi connectivity index (χ0) is 43.3. The molecule has 0 saturated carbocycles. The van der Waals surface area contributed by atoms with Crippen LogP contribution in [0.4, 0.5) is 0 Å². The van der Waals surface area contributed by atoms with Gasteiger partial charge in [-0.3, -0.25) is 9.05 Å². The first-order valence-electron chi connectivity index (χ1n) is 21.1. The Kier molecular flexibility index (Phi) is 11.4. The highest BCUT2D eigenvalue weighted by atomic mass is 31.1. The molecule has 2 aromatic heterocycles. The van der Waals surface area contributed by atoms with Gasteiger partial charge in [-0.25, -0.2) is 0 Å². The van der Waals surface area contributed by atoms with Crippen molar-refractivity contribution in [1.82, 2.24) is 0 Å². The number of hydrogen-bond donors (Lipinski definition) is 0. The molecule has 2 aliphatic rings. The molecule has 15 heteroatoms. The Morgan fingerprint density at radius 2 is 0.867 bits per heavy atom. The third-order valence-corrected chi connectivity index (χ3v) is 21.8. The summed E-state index contributed by atoms with van der Waals surface area (Å²) in [6, 6.07) is 25.9. The van der Waals surface area contributed by atoms with Gasteiger partial charge in [0.15, 0.2) is 12.1 Å². The summed E-state index contributed by atoms with van der Waals surface area (Å²) in [4.78, 5) is 0. The fourth-order valence-corrected chi connectivity index (χ4v) is 17.1. The molecule has 2 saturated heterocycles. The van der Waals surface area contributed by atoms with Crippen LogP contribution in [0.5, 0.6) is 0 Å². The van der Waals surface area contributed by atoms with Gasteiger partial charge >= 0.3 is 16.5 Å². The van der Waals surface area contributed by atoms with Crippen molar-refractivity contribution >= 4 is 113 Å². The highest BCUT2D eigenvalue weighted by Gasteiger charge is 2.58. The molecule has 8 rings (SSSR count). The second-order valence-corrected chi connectivity index (χ2v) is 43.2. The smallest absolute Gasteiger partial charge is 0.387 e. The van der Waals surface area contributed by atoms with E-state index in [1.165, 1.54) is 20.7 Å². The minimum atomic E-state index is -2.02. The van der Waals surface area contributed by atoms with E-state index in [2.05, 4.69) is 151 Å². The molecule has 0 spiro atoms. The molecule has 4 heterocycles. The Hall–Kier alpha value is -2.65. The van der Waals surface area contributed by atoms with Crippen molar-refractivity contribution in [3.05, 3.63) is 72.8 Å². The SMILES string of the molecule is C[C@@H](Op1oc2c([Si](C)(C)C)cccc2c2cccc([Si](C)(C)C)c2o1)[C@H]1O[C@@H]2OC(C)(C)O[C@@H]2[C@@H]1Op1oc2c([Si](C)(C)C)cccc2c2cccc([Si](C)(C)C)c2o1. The maximum atomic E-state index is 7.15. The number of para-hydroxylation sites is 4. The van der Waals surface area contributed by atoms with Gasteiger partial charge in [-0.05, 0) is 41.5 Å². The van der Waals surface area contributed by atoms with Crippen LogP contribution >= 0.6 is 16.5 Å². The lowest BCUT2D eigenvalue weighted by Crippen LogP contribution is -2.44. The Balaban J connectivity index is 1.29. The van der Waals surface area contributed by atoms with Gasteiger partial charge in [-0.2, -0.15) is 0 Å². The van der Waals surface area contributed by atoms with E-state index < -0.39 is 85.3 Å². The Morgan fingerprint density at radius 1 is 0.517 bits per heavy atom. The Bertz CT molecular complexity index is 2530. The van der Waals surface area contributed by atoms with Crippen molar-refractivity contribution in [3.63, 3.8) is 0 Å². The van der Waals surface area contributed by atoms with Gasteiger partial charge in [0.1, 0.15) is 40.6 Å². The van der Waals surface area contributed by atoms with E-state index in [-0.39, 0.29) is 0 Å². The van der Waals surface area contributed by atoms with E-state index in [9.17, 15) is 0 Å². The van der Waals surface area contributed by atoms with Crippen LogP contribution in [0.1, 0.15) is 20.8 Å². The molecule has 6 aromatic rings. The molecule has 0 amide bonds. The molecule has 2 fully saturated rings. The lowest BCUT2D eigenvalue weighted by Gasteiger charge is -2.27. The van der Waals surface area contributed by atoms with Crippen molar-refractivity contribution in [2.75, 3.05) is 0 Å². The van der Waals surface area contributed by atoms with E-state index in [4.69, 9.17) is 40.0 Å². The maximum Gasteiger partial charge on any atom is 0.387 e. The van der Waals surface area contributed by atoms with Crippen LogP contribution < -0.4 is 29.8 Å². The second-order valence-electron chi connectivity index (χ2n) is 21.0. The average Bonchev–Trinajstić information content (AvgIpc) is 3.47. The lowest BCUT2D eigenvalue weighted by molar-refractivity contribution is -0.218. The van der Waals surface area contributed by atoms with Gasteiger partial charge in [-0.15, -0.1) is 0 Å². The van der Waals surface area contributed by atoms with Crippen molar-refractivity contribution < 1.29 is 40.0 Å². The fourth-order valence-electron chi connectivity index (χ4n) is 8.47. The van der Waals surface area contributed by atoms with Gasteiger partial charge in [0.05, 0.1) is 38.4 Å². The third-order valence-electron chi connectivity index (χ3n) is 11.5. The number of hydrogen-bond acceptors (Lipinski definition) is 9. The Labute approximate surface area is 360 Å². The van der Waals surface area contributed by atoms with Crippen LogP contribution in [0.25, 0.3) is 43.9 Å². The highest BCUT2D eigenvalue weighted by Crippen LogP contribution is 2.45. The first-order chi connectivity index (χ1) is 27.9. The third kappa shape index (κ3) is 8.42. The molecular formula is C45H62O9P2Si4. The summed E-state index contributed by atoms with van der Waals surface area (Å²) in [5.74, 6) is -0.884. The molecule has 60 heavy (non-hydrogen) atoms. The van der Waals surface area contributed by atoms with Gasteiger partial charge in [0.25, 0.3) is 0 Å². The van der Waals surface area contributed by atoms with Crippen LogP contribution in [-0.4, -0.2) is 68.8 Å². The van der Waals surface area contributed by atoms with E-state index in [1.807, 2.05) is 20.8 Å². The van der Waals surface area contributed by atoms with E-state index in [0.29, 0.717) is 0 Å². The quantitative estimate of drug-likeness (QED) is 0.131. The molecule has 5 atom stereocenters. The minimum Gasteiger partial charge on any atom is -0.399 e. The molecule has 0 unspecified atom stereocenters. The van der Waals surface area contributed by atoms with E-state index in [0.717, 1.165) is 43.9 Å². The van der Waals surface area contributed by atoms with Crippen LogP contribution in [0, 0.1) is 0 Å². The summed E-state index contributed by atoms with van der Waals surface area (Å²) in [7, 11) is -11.5. The second kappa shape index (κ2) is 15.6. The first kappa shape index (κ1) is 44.0. The topological polar surface area (TPSA) is 98.7 Å². The van der Waals surface area contributed by atoms with Crippen LogP contribution in [0.15, 0.2) is 89.6 Å². The van der Waals surface area contributed by atoms with Crippen molar-refractivity contribution in [3.8, 4) is 0 Å². The number of fused-ring (bicyclic) bond motifs is 7. The van der Waals surface area contributed by atoms with Gasteiger partial charge in [-0.1, -0.05) is 151 Å². The predicted molar refractivity (Wildman–Crippen MR) is 260 cm³/mol. The Morgan fingerprint density at radius 3 is 1.22 bits per heavy atom. The monoisotopic (exact) mass is 920 g/mol. The molecule has 0 N–H and O–H groups in total. The molecule has 2 aliphatic heterocycles. The van der Waals surface area contributed by atoms with Crippen LogP contribution in [0.2, 0.25) is 78.6 Å². The fraction of sp³-hybridized carbons (Fsp3) is 0.467. The van der Waals surface area contributed by atoms with Gasteiger partial charge in [0.2, 0.25) is 0 Å². The predicted octanol–water partition coefficient (Wildman–Crippen LogP) is 11.3. The van der Waals surface area contributed by atoms with Gasteiger partial charge in [0, 0.05) is 21.5 Å². The minimum absolute atomic E-state index is 0.574. The largest absolute Gasteiger partial charge is 0.399 e. The number of ether oxygens (including phenoxy) is 3. The van der Waals surface area contributed by atoms with E-state index >= 15 is 0 Å². The summed E-state index contributed by atoms with van der Waals surface area (Å²) in [6.45, 7) is 33.9. The van der Waals surface area contributed by atoms with Crippen molar-refractivity contribution in [1.29, 1.82) is 0 Å². The normalized spacial score (nSPS) is 21.6. The van der Waals surface area contributed by atoms with Crippen molar-refractivity contribution in [2.45, 2.75) is 136 Å². The zero-order valence-corrected chi connectivity index (χ0v) is 43.7. The number of benzene rings is 4. The van der Waals surface area contributed by atoms with Gasteiger partial charge < -0.3 is 31.0 Å². The molecular weight excluding hydrogens is 859 g/mol. The maximum absolute atomic E-state index is 7.15. The molecule has 9 nitrogen and oxygen atoms in total. The lowest BCUT2D eigenvalue weighted by atomic mass is 10.1. The standard InChI is InChI=1S/C45H62O9P2Si4/c1-28(49-55-50-38-29(20-16-24-33(38)57(4,5)6)30-21-17-25-34(39(30)51-55)58(7,8)9)37-42(43-44(46-37)48-45(2,3)47-43)54-56-52-40-31(22-18-26-35(40)59(10,11)12)32-23-19-27-36(41(32)53-56)60(13,14)15/h16-28,37,42-44H,1-15H3/t28-,37-,42-,43-,44-/m1/s1. The summed E-state index contributed by atoms with van der Waals surface area (Å²) in [5, 5.41) is 8.97. The summed E-state index contributed by atoms with van der Waals surface area (Å²) in [6.07, 6.45) is -3.18. The first-order valence-corrected chi connectivity index (χ1v) is 37.3. The molecule has 0 aliphatic carbocycles. The number of rotatable bonds is 9. The molecule has 4 aromatic carbocycles. The van der Waals surface area contributed by atoms with Crippen LogP contribution in [0.3, 0.4) is 0 Å². The van der Waals surface area contributed by atoms with Crippen LogP contribution in [-0.2, 0) is 14.2 Å². The molecule has 322 valence electrons. The average molecular weight is 921 g/mol.